The van der Waals surface area contributed by atoms with Crippen molar-refractivity contribution in [2.24, 2.45) is 0 Å². The van der Waals surface area contributed by atoms with Crippen molar-refractivity contribution in [3.8, 4) is 5.75 Å². The second kappa shape index (κ2) is 7.65. The first-order valence-electron chi connectivity index (χ1n) is 7.79. The summed E-state index contributed by atoms with van der Waals surface area (Å²) in [5.41, 5.74) is 4.94. The standard InChI is InChI=1S/C21H18OS2/c22-20-17(11-15-7-3-1-4-8-15)13-19(21(23)24)14-18(20)12-16-9-5-2-6-10-16/h1-10,13-14,22H,11-12H2,(H,23,24). The molecule has 0 bridgehead atoms. The van der Waals surface area contributed by atoms with Gasteiger partial charge in [-0.2, -0.15) is 0 Å². The Morgan fingerprint density at radius 2 is 1.21 bits per heavy atom. The summed E-state index contributed by atoms with van der Waals surface area (Å²) in [5.74, 6) is 0.344. The van der Waals surface area contributed by atoms with E-state index in [0.717, 1.165) is 27.8 Å². The number of thiocarbonyl (C=S) groups is 1. The number of phenols is 1. The van der Waals surface area contributed by atoms with Crippen LogP contribution in [0.15, 0.2) is 72.8 Å². The molecule has 0 radical (unpaired) electrons. The molecule has 0 aromatic heterocycles. The van der Waals surface area contributed by atoms with Gasteiger partial charge in [-0.3, -0.25) is 0 Å². The Kier molecular flexibility index (Phi) is 5.34. The predicted molar refractivity (Wildman–Crippen MR) is 107 cm³/mol. The molecular weight excluding hydrogens is 332 g/mol. The molecule has 3 heteroatoms. The third-order valence-corrected chi connectivity index (χ3v) is 4.48. The second-order valence-corrected chi connectivity index (χ2v) is 6.93. The van der Waals surface area contributed by atoms with Gasteiger partial charge in [0.05, 0.1) is 4.20 Å². The zero-order chi connectivity index (χ0) is 16.9. The van der Waals surface area contributed by atoms with Crippen LogP contribution < -0.4 is 0 Å². The molecule has 0 aliphatic rings. The van der Waals surface area contributed by atoms with Gasteiger partial charge in [-0.15, -0.1) is 12.6 Å². The molecule has 0 unspecified atom stereocenters. The lowest BCUT2D eigenvalue weighted by atomic mass is 9.95. The summed E-state index contributed by atoms with van der Waals surface area (Å²) < 4.78 is 0.540. The van der Waals surface area contributed by atoms with E-state index in [1.54, 1.807) is 0 Å². The highest BCUT2D eigenvalue weighted by Gasteiger charge is 2.12. The van der Waals surface area contributed by atoms with Crippen LogP contribution in [-0.2, 0) is 12.8 Å². The molecule has 3 aromatic carbocycles. The molecule has 1 N–H and O–H groups in total. The average molecular weight is 351 g/mol. The molecule has 0 saturated carbocycles. The molecule has 0 spiro atoms. The van der Waals surface area contributed by atoms with Gasteiger partial charge in [0.2, 0.25) is 0 Å². The third kappa shape index (κ3) is 4.05. The Hall–Kier alpha value is -2.10. The van der Waals surface area contributed by atoms with Crippen LogP contribution >= 0.6 is 24.8 Å². The quantitative estimate of drug-likeness (QED) is 0.488. The van der Waals surface area contributed by atoms with E-state index in [4.69, 9.17) is 12.2 Å². The first-order valence-corrected chi connectivity index (χ1v) is 8.65. The number of thiol groups is 1. The highest BCUT2D eigenvalue weighted by molar-refractivity contribution is 8.11. The van der Waals surface area contributed by atoms with Gasteiger partial charge in [-0.25, -0.2) is 0 Å². The molecule has 3 aromatic rings. The minimum absolute atomic E-state index is 0.344. The zero-order valence-corrected chi connectivity index (χ0v) is 14.9. The maximum absolute atomic E-state index is 10.7. The summed E-state index contributed by atoms with van der Waals surface area (Å²) in [6, 6.07) is 24.1. The Balaban J connectivity index is 2.00. The van der Waals surface area contributed by atoms with Crippen LogP contribution in [0.4, 0.5) is 0 Å². The maximum atomic E-state index is 10.7. The van der Waals surface area contributed by atoms with Crippen LogP contribution in [0.3, 0.4) is 0 Å². The minimum Gasteiger partial charge on any atom is -0.507 e. The number of phenolic OH excluding ortho intramolecular Hbond substituents is 1. The van der Waals surface area contributed by atoms with Gasteiger partial charge in [0, 0.05) is 12.8 Å². The summed E-state index contributed by atoms with van der Waals surface area (Å²) in [6.07, 6.45) is 1.33. The fraction of sp³-hybridized carbons (Fsp3) is 0.0952. The smallest absolute Gasteiger partial charge is 0.122 e. The van der Waals surface area contributed by atoms with E-state index in [-0.39, 0.29) is 0 Å². The Morgan fingerprint density at radius 1 is 0.792 bits per heavy atom. The Labute approximate surface area is 153 Å². The summed E-state index contributed by atoms with van der Waals surface area (Å²) in [5, 5.41) is 10.7. The van der Waals surface area contributed by atoms with Gasteiger partial charge in [-0.1, -0.05) is 72.9 Å². The summed E-state index contributed by atoms with van der Waals surface area (Å²) in [7, 11) is 0. The molecule has 0 heterocycles. The number of benzene rings is 3. The van der Waals surface area contributed by atoms with Crippen molar-refractivity contribution in [2.45, 2.75) is 12.8 Å². The number of hydrogen-bond donors (Lipinski definition) is 2. The van der Waals surface area contributed by atoms with Crippen molar-refractivity contribution in [1.29, 1.82) is 0 Å². The van der Waals surface area contributed by atoms with E-state index in [9.17, 15) is 5.11 Å². The van der Waals surface area contributed by atoms with E-state index < -0.39 is 0 Å². The van der Waals surface area contributed by atoms with E-state index in [0.29, 0.717) is 22.8 Å². The highest BCUT2D eigenvalue weighted by atomic mass is 32.1. The second-order valence-electron chi connectivity index (χ2n) is 5.77. The fourth-order valence-electron chi connectivity index (χ4n) is 2.78. The first-order chi connectivity index (χ1) is 11.6. The Bertz CT molecular complexity index is 780. The van der Waals surface area contributed by atoms with Crippen LogP contribution in [0.2, 0.25) is 0 Å². The van der Waals surface area contributed by atoms with Crippen molar-refractivity contribution in [1.82, 2.24) is 0 Å². The molecule has 120 valence electrons. The first kappa shape index (κ1) is 16.7. The van der Waals surface area contributed by atoms with E-state index in [2.05, 4.69) is 36.9 Å². The molecule has 24 heavy (non-hydrogen) atoms. The van der Waals surface area contributed by atoms with Gasteiger partial charge in [0.15, 0.2) is 0 Å². The van der Waals surface area contributed by atoms with E-state index in [1.165, 1.54) is 0 Å². The van der Waals surface area contributed by atoms with Crippen LogP contribution in [0.5, 0.6) is 5.75 Å². The van der Waals surface area contributed by atoms with Gasteiger partial charge in [0.1, 0.15) is 5.75 Å². The molecular formula is C21H18OS2. The third-order valence-electron chi connectivity index (χ3n) is 3.99. The lowest BCUT2D eigenvalue weighted by Crippen LogP contribution is -1.99. The maximum Gasteiger partial charge on any atom is 0.122 e. The minimum atomic E-state index is 0.344. The van der Waals surface area contributed by atoms with Crippen molar-refractivity contribution >= 4 is 29.0 Å². The molecule has 0 fully saturated rings. The molecule has 1 nitrogen and oxygen atoms in total. The zero-order valence-electron chi connectivity index (χ0n) is 13.1. The topological polar surface area (TPSA) is 20.2 Å². The molecule has 0 aliphatic heterocycles. The SMILES string of the molecule is Oc1c(Cc2ccccc2)cc(C(=S)S)cc1Cc1ccccc1. The van der Waals surface area contributed by atoms with Crippen molar-refractivity contribution in [2.75, 3.05) is 0 Å². The monoisotopic (exact) mass is 350 g/mol. The van der Waals surface area contributed by atoms with Crippen LogP contribution in [0.1, 0.15) is 27.8 Å². The molecule has 0 saturated heterocycles. The largest absolute Gasteiger partial charge is 0.507 e. The lowest BCUT2D eigenvalue weighted by molar-refractivity contribution is 0.463. The lowest BCUT2D eigenvalue weighted by Gasteiger charge is -2.13. The van der Waals surface area contributed by atoms with Crippen LogP contribution in [-0.4, -0.2) is 9.30 Å². The predicted octanol–water partition coefficient (Wildman–Crippen LogP) is 5.18. The molecule has 3 rings (SSSR count). The van der Waals surface area contributed by atoms with Gasteiger partial charge in [0.25, 0.3) is 0 Å². The summed E-state index contributed by atoms with van der Waals surface area (Å²) in [4.78, 5) is 0. The van der Waals surface area contributed by atoms with E-state index in [1.807, 2.05) is 48.5 Å². The van der Waals surface area contributed by atoms with E-state index >= 15 is 0 Å². The van der Waals surface area contributed by atoms with Crippen LogP contribution in [0.25, 0.3) is 0 Å². The van der Waals surface area contributed by atoms with Crippen molar-refractivity contribution in [3.05, 3.63) is 101 Å². The Morgan fingerprint density at radius 3 is 1.58 bits per heavy atom. The van der Waals surface area contributed by atoms with Gasteiger partial charge in [-0.05, 0) is 39.9 Å². The van der Waals surface area contributed by atoms with Gasteiger partial charge >= 0.3 is 0 Å². The van der Waals surface area contributed by atoms with Crippen molar-refractivity contribution < 1.29 is 5.11 Å². The fourth-order valence-corrected chi connectivity index (χ4v) is 3.03. The molecule has 0 atom stereocenters. The van der Waals surface area contributed by atoms with Crippen molar-refractivity contribution in [3.63, 3.8) is 0 Å². The normalized spacial score (nSPS) is 10.5. The number of aromatic hydroxyl groups is 1. The highest BCUT2D eigenvalue weighted by Crippen LogP contribution is 2.29. The molecule has 0 aliphatic carbocycles. The summed E-state index contributed by atoms with van der Waals surface area (Å²) >= 11 is 9.56. The van der Waals surface area contributed by atoms with Gasteiger partial charge < -0.3 is 5.11 Å². The number of rotatable bonds is 5. The average Bonchev–Trinajstić information content (AvgIpc) is 2.60. The summed E-state index contributed by atoms with van der Waals surface area (Å²) in [6.45, 7) is 0. The number of hydrogen-bond acceptors (Lipinski definition) is 2. The molecule has 0 amide bonds. The van der Waals surface area contributed by atoms with Crippen LogP contribution in [0, 0.1) is 0 Å².